The summed E-state index contributed by atoms with van der Waals surface area (Å²) in [5.41, 5.74) is 3.19. The van der Waals surface area contributed by atoms with Gasteiger partial charge in [-0.05, 0) is 54.1 Å². The van der Waals surface area contributed by atoms with Crippen LogP contribution >= 0.6 is 0 Å². The molecule has 3 rings (SSSR count). The third-order valence-electron chi connectivity index (χ3n) is 7.64. The minimum absolute atomic E-state index is 0.116. The van der Waals surface area contributed by atoms with Gasteiger partial charge in [0.05, 0.1) is 5.84 Å². The van der Waals surface area contributed by atoms with Crippen molar-refractivity contribution in [3.8, 4) is 0 Å². The van der Waals surface area contributed by atoms with E-state index in [2.05, 4.69) is 58.1 Å². The molecule has 1 aliphatic carbocycles. The first kappa shape index (κ1) is 25.3. The topological polar surface area (TPSA) is 44.6 Å². The zero-order valence-corrected chi connectivity index (χ0v) is 21.5. The van der Waals surface area contributed by atoms with E-state index < -0.39 is 5.72 Å². The number of hydrogen-bond donors (Lipinski definition) is 2. The maximum absolute atomic E-state index is 11.8. The smallest absolute Gasteiger partial charge is 0.162 e. The number of fused-ring (bicyclic) bond motifs is 1. The molecule has 1 aliphatic heterocycles. The van der Waals surface area contributed by atoms with E-state index >= 15 is 0 Å². The van der Waals surface area contributed by atoms with Crippen molar-refractivity contribution in [1.82, 2.24) is 5.32 Å². The summed E-state index contributed by atoms with van der Waals surface area (Å²) >= 11 is 0. The number of aliphatic hydroxyl groups is 1. The molecule has 32 heavy (non-hydrogen) atoms. The maximum atomic E-state index is 11.8. The third kappa shape index (κ3) is 6.59. The minimum atomic E-state index is -1.06. The largest absolute Gasteiger partial charge is 0.367 e. The lowest BCUT2D eigenvalue weighted by Gasteiger charge is -2.43. The Balaban J connectivity index is 1.81. The van der Waals surface area contributed by atoms with Crippen LogP contribution in [-0.2, 0) is 17.6 Å². The van der Waals surface area contributed by atoms with Gasteiger partial charge < -0.3 is 10.4 Å². The summed E-state index contributed by atoms with van der Waals surface area (Å²) < 4.78 is 0. The van der Waals surface area contributed by atoms with Gasteiger partial charge in [0, 0.05) is 18.5 Å². The first-order valence-corrected chi connectivity index (χ1v) is 13.3. The van der Waals surface area contributed by atoms with Crippen LogP contribution in [0.25, 0.3) is 0 Å². The second kappa shape index (κ2) is 10.7. The number of nitrogens with one attached hydrogen (secondary N) is 1. The van der Waals surface area contributed by atoms with E-state index in [0.717, 1.165) is 43.6 Å². The molecule has 3 nitrogen and oxygen atoms in total. The quantitative estimate of drug-likeness (QED) is 0.481. The van der Waals surface area contributed by atoms with Crippen molar-refractivity contribution in [3.63, 3.8) is 0 Å². The Hall–Kier alpha value is -1.35. The van der Waals surface area contributed by atoms with Gasteiger partial charge in [0.2, 0.25) is 0 Å². The lowest BCUT2D eigenvalue weighted by Crippen LogP contribution is -2.46. The number of aliphatic imine (C=N–C) groups is 1. The Morgan fingerprint density at radius 1 is 0.938 bits per heavy atom. The van der Waals surface area contributed by atoms with Gasteiger partial charge >= 0.3 is 0 Å². The van der Waals surface area contributed by atoms with Gasteiger partial charge in [0.1, 0.15) is 0 Å². The van der Waals surface area contributed by atoms with Gasteiger partial charge in [-0.25, -0.2) is 0 Å². The Kier molecular flexibility index (Phi) is 8.47. The van der Waals surface area contributed by atoms with E-state index in [4.69, 9.17) is 4.99 Å². The highest BCUT2D eigenvalue weighted by atomic mass is 16.3. The molecule has 1 aromatic rings. The van der Waals surface area contributed by atoms with Crippen LogP contribution in [0.5, 0.6) is 0 Å². The fraction of sp³-hybridized carbons (Fsp3) is 0.759. The fourth-order valence-electron chi connectivity index (χ4n) is 6.13. The van der Waals surface area contributed by atoms with Crippen molar-refractivity contribution in [2.24, 2.45) is 10.4 Å². The second-order valence-electron chi connectivity index (χ2n) is 11.9. The van der Waals surface area contributed by atoms with Crippen molar-refractivity contribution in [2.45, 2.75) is 129 Å². The predicted octanol–water partition coefficient (Wildman–Crippen LogP) is 7.39. The van der Waals surface area contributed by atoms with E-state index in [1.54, 1.807) is 0 Å². The molecule has 1 heterocycles. The molecule has 2 aliphatic rings. The number of benzene rings is 1. The molecule has 0 spiro atoms. The lowest BCUT2D eigenvalue weighted by molar-refractivity contribution is 0.0155. The van der Waals surface area contributed by atoms with Gasteiger partial charge in [0.15, 0.2) is 5.72 Å². The molecule has 0 saturated heterocycles. The molecule has 0 aromatic heterocycles. The van der Waals surface area contributed by atoms with Crippen LogP contribution in [0.15, 0.2) is 23.2 Å². The highest BCUT2D eigenvalue weighted by molar-refractivity contribution is 5.83. The molecule has 2 N–H and O–H groups in total. The zero-order valence-electron chi connectivity index (χ0n) is 21.5. The molecule has 0 amide bonds. The molecule has 3 heteroatoms. The Labute approximate surface area is 197 Å². The summed E-state index contributed by atoms with van der Waals surface area (Å²) in [5, 5.41) is 15.3. The molecule has 1 unspecified atom stereocenters. The summed E-state index contributed by atoms with van der Waals surface area (Å²) in [6, 6.07) is 6.69. The van der Waals surface area contributed by atoms with Gasteiger partial charge in [-0.3, -0.25) is 4.99 Å². The zero-order chi connectivity index (χ0) is 23.2. The molecule has 0 bridgehead atoms. The van der Waals surface area contributed by atoms with Crippen LogP contribution in [-0.4, -0.2) is 17.5 Å². The molecule has 1 atom stereocenters. The monoisotopic (exact) mass is 440 g/mol. The lowest BCUT2D eigenvalue weighted by atomic mass is 9.62. The summed E-state index contributed by atoms with van der Waals surface area (Å²) in [6.07, 6.45) is 15.4. The third-order valence-corrected chi connectivity index (χ3v) is 7.64. The average Bonchev–Trinajstić information content (AvgIpc) is 2.74. The van der Waals surface area contributed by atoms with Gasteiger partial charge in [-0.1, -0.05) is 97.8 Å². The number of hydrogen-bond acceptors (Lipinski definition) is 3. The second-order valence-corrected chi connectivity index (χ2v) is 11.9. The van der Waals surface area contributed by atoms with E-state index in [1.807, 2.05) is 0 Å². The van der Waals surface area contributed by atoms with Crippen molar-refractivity contribution in [1.29, 1.82) is 0 Å². The average molecular weight is 441 g/mol. The van der Waals surface area contributed by atoms with Crippen LogP contribution in [0.4, 0.5) is 0 Å². The minimum Gasteiger partial charge on any atom is -0.367 e. The van der Waals surface area contributed by atoms with Crippen molar-refractivity contribution < 1.29 is 5.11 Å². The van der Waals surface area contributed by atoms with Gasteiger partial charge in [-0.2, -0.15) is 0 Å². The standard InChI is InChI=1S/C29H48N2O/c1-6-29(32,31-26-16-14-12-10-8-7-9-11-13-15-19-30-26)24-18-17-23-21-27(2,3)22-28(4,5)25(23)20-24/h17-18,20,32H,6-16,19,21-22H2,1-5H3,(H,30,31). The highest BCUT2D eigenvalue weighted by Crippen LogP contribution is 2.46. The SMILES string of the molecule is CCC(O)(NC1=NCCCCCCCCCCC1)c1ccc2c(c1)C(C)(C)CC(C)(C)C2. The number of rotatable bonds is 3. The van der Waals surface area contributed by atoms with E-state index in [-0.39, 0.29) is 5.41 Å². The molecular weight excluding hydrogens is 392 g/mol. The van der Waals surface area contributed by atoms with Crippen molar-refractivity contribution in [2.75, 3.05) is 6.54 Å². The van der Waals surface area contributed by atoms with Crippen LogP contribution in [0, 0.1) is 5.41 Å². The Morgan fingerprint density at radius 2 is 1.56 bits per heavy atom. The first-order chi connectivity index (χ1) is 15.2. The van der Waals surface area contributed by atoms with Gasteiger partial charge in [-0.15, -0.1) is 0 Å². The van der Waals surface area contributed by atoms with Gasteiger partial charge in [0.25, 0.3) is 0 Å². The van der Waals surface area contributed by atoms with Crippen molar-refractivity contribution >= 4 is 5.84 Å². The summed E-state index contributed by atoms with van der Waals surface area (Å²) in [5.74, 6) is 0.992. The molecule has 0 saturated carbocycles. The van der Waals surface area contributed by atoms with Crippen LogP contribution in [0.3, 0.4) is 0 Å². The van der Waals surface area contributed by atoms with Crippen LogP contribution in [0.2, 0.25) is 0 Å². The normalized spacial score (nSPS) is 24.0. The Bertz CT molecular complexity index is 779. The maximum Gasteiger partial charge on any atom is 0.162 e. The first-order valence-electron chi connectivity index (χ1n) is 13.3. The summed E-state index contributed by atoms with van der Waals surface area (Å²) in [6.45, 7) is 12.4. The predicted molar refractivity (Wildman–Crippen MR) is 137 cm³/mol. The fourth-order valence-corrected chi connectivity index (χ4v) is 6.13. The molecule has 180 valence electrons. The molecule has 0 radical (unpaired) electrons. The van der Waals surface area contributed by atoms with Crippen LogP contribution < -0.4 is 5.32 Å². The number of nitrogens with zero attached hydrogens (tertiary/aromatic N) is 1. The molecular formula is C29H48N2O. The number of amidine groups is 1. The summed E-state index contributed by atoms with van der Waals surface area (Å²) in [4.78, 5) is 4.93. The van der Waals surface area contributed by atoms with E-state index in [9.17, 15) is 5.11 Å². The van der Waals surface area contributed by atoms with E-state index in [1.165, 1.54) is 62.5 Å². The Morgan fingerprint density at radius 3 is 2.22 bits per heavy atom. The highest BCUT2D eigenvalue weighted by Gasteiger charge is 2.39. The van der Waals surface area contributed by atoms with Crippen molar-refractivity contribution in [3.05, 3.63) is 34.9 Å². The molecule has 0 fully saturated rings. The summed E-state index contributed by atoms with van der Waals surface area (Å²) in [7, 11) is 0. The van der Waals surface area contributed by atoms with E-state index in [0.29, 0.717) is 11.8 Å². The molecule has 1 aromatic carbocycles. The van der Waals surface area contributed by atoms with Crippen LogP contribution in [0.1, 0.15) is 128 Å².